The summed E-state index contributed by atoms with van der Waals surface area (Å²) in [6.07, 6.45) is 0. The molecule has 16 rings (SSSR count). The molecule has 0 saturated carbocycles. The topological polar surface area (TPSA) is 36.1 Å². The van der Waals surface area contributed by atoms with Gasteiger partial charge in [0.25, 0.3) is 0 Å². The van der Waals surface area contributed by atoms with E-state index in [1.54, 1.807) is 0 Å². The van der Waals surface area contributed by atoms with Crippen LogP contribution in [-0.2, 0) is 0 Å². The summed E-state index contributed by atoms with van der Waals surface area (Å²) in [5.41, 5.74) is 21.4. The first-order valence-corrected chi connectivity index (χ1v) is 31.0. The molecule has 0 saturated heterocycles. The second-order valence-corrected chi connectivity index (χ2v) is 22.7. The molecule has 0 aromatic heterocycles. The fourth-order valence-corrected chi connectivity index (χ4v) is 12.0. The Morgan fingerprint density at radius 2 is 0.363 bits per heavy atom. The Morgan fingerprint density at radius 1 is 0.132 bits per heavy atom. The predicted octanol–water partition coefficient (Wildman–Crippen LogP) is 24.9. The van der Waals surface area contributed by atoms with Crippen molar-refractivity contribution >= 4 is 77.2 Å². The average Bonchev–Trinajstić information content (AvgIpc) is 2.21. The van der Waals surface area contributed by atoms with Gasteiger partial charge in [-0.3, -0.25) is 0 Å². The highest BCUT2D eigenvalue weighted by molar-refractivity contribution is 5.99. The Bertz CT molecular complexity index is 4920. The predicted molar refractivity (Wildman–Crippen MR) is 391 cm³/mol. The van der Waals surface area contributed by atoms with Crippen LogP contribution in [-0.4, -0.2) is 0 Å². The molecule has 0 atom stereocenters. The smallest absolute Gasteiger partial charge is 0.0384 e. The van der Waals surface area contributed by atoms with Crippen molar-refractivity contribution in [1.82, 2.24) is 0 Å². The molecule has 0 heterocycles. The lowest BCUT2D eigenvalue weighted by atomic mass is 9.98. The molecule has 0 aliphatic carbocycles. The Hall–Kier alpha value is -12.0. The number of rotatable bonds is 12. The lowest BCUT2D eigenvalue weighted by Crippen LogP contribution is -1.90. The van der Waals surface area contributed by atoms with Crippen LogP contribution in [0.15, 0.2) is 376 Å². The minimum atomic E-state index is 1.08. The number of nitrogens with one attached hydrogen (secondary N) is 3. The van der Waals surface area contributed by atoms with Gasteiger partial charge < -0.3 is 16.0 Å². The summed E-state index contributed by atoms with van der Waals surface area (Å²) >= 11 is 0. The summed E-state index contributed by atoms with van der Waals surface area (Å²) in [5.74, 6) is 0. The SMILES string of the molecule is c1ccc(-c2ccc(Nc3ccc(-c4ccc5ccccc5c4)cc3)cc2)cc1.c1ccc(-c2ccc(Nc3ccc(-c4cccc5ccccc45)cc3)cc2)cc1.c1ccc2c(-c3ccc(Nc4ccc(-c5cccc6ccccc56)cc4)cc3)cccc2c1. The zero-order valence-corrected chi connectivity index (χ0v) is 50.3. The van der Waals surface area contributed by atoms with Gasteiger partial charge in [0.15, 0.2) is 0 Å². The molecule has 16 aromatic rings. The lowest BCUT2D eigenvalue weighted by Gasteiger charge is -2.11. The molecule has 0 spiro atoms. The van der Waals surface area contributed by atoms with Crippen molar-refractivity contribution in [3.05, 3.63) is 376 Å². The standard InChI is InChI=1S/C32H23N.2C28H21N/c1-3-11-29-23(7-1)9-5-13-31(29)25-15-19-27(20-16-25)33-28-21-17-26(18-22-28)32-14-6-10-24-8-2-4-12-30(24)32;1-2-7-21(8-3-1)22-13-17-25(18-14-22)29-26-19-15-24(16-20-26)28-12-6-10-23-9-4-5-11-27(23)28;1-2-6-21(7-3-1)23-12-16-27(17-13-23)29-28-18-14-24(15-19-28)26-11-10-22-8-4-5-9-25(22)20-26/h1-22,33H;2*1-20,29H. The molecule has 0 aliphatic heterocycles. The molecular formula is C88H65N3. The summed E-state index contributed by atoms with van der Waals surface area (Å²) < 4.78 is 0. The first-order chi connectivity index (χ1) is 45.1. The van der Waals surface area contributed by atoms with Crippen molar-refractivity contribution < 1.29 is 0 Å². The fraction of sp³-hybridized carbons (Fsp3) is 0. The van der Waals surface area contributed by atoms with Gasteiger partial charge >= 0.3 is 0 Å². The van der Waals surface area contributed by atoms with Crippen LogP contribution in [0.25, 0.3) is 110 Å². The maximum absolute atomic E-state index is 3.54. The Kier molecular flexibility index (Phi) is 16.8. The Labute approximate surface area is 532 Å². The number of fused-ring (bicyclic) bond motifs is 4. The maximum Gasteiger partial charge on any atom is 0.0384 e. The van der Waals surface area contributed by atoms with E-state index in [-0.39, 0.29) is 0 Å². The third-order valence-electron chi connectivity index (χ3n) is 16.8. The molecule has 3 nitrogen and oxygen atoms in total. The van der Waals surface area contributed by atoms with Gasteiger partial charge in [0, 0.05) is 34.1 Å². The van der Waals surface area contributed by atoms with E-state index in [0.717, 1.165) is 34.1 Å². The van der Waals surface area contributed by atoms with Crippen molar-refractivity contribution in [1.29, 1.82) is 0 Å². The van der Waals surface area contributed by atoms with Gasteiger partial charge in [-0.05, 0) is 189 Å². The molecule has 432 valence electrons. The van der Waals surface area contributed by atoms with Gasteiger partial charge in [0.2, 0.25) is 0 Å². The lowest BCUT2D eigenvalue weighted by molar-refractivity contribution is 1.54. The summed E-state index contributed by atoms with van der Waals surface area (Å²) in [7, 11) is 0. The molecule has 0 bridgehead atoms. The highest BCUT2D eigenvalue weighted by atomic mass is 14.9. The van der Waals surface area contributed by atoms with Gasteiger partial charge in [-0.2, -0.15) is 0 Å². The van der Waals surface area contributed by atoms with Crippen LogP contribution in [0.1, 0.15) is 0 Å². The van der Waals surface area contributed by atoms with E-state index in [2.05, 4.69) is 380 Å². The highest BCUT2D eigenvalue weighted by Gasteiger charge is 2.09. The van der Waals surface area contributed by atoms with Crippen LogP contribution in [0, 0.1) is 0 Å². The molecule has 91 heavy (non-hydrogen) atoms. The first-order valence-electron chi connectivity index (χ1n) is 31.0. The van der Waals surface area contributed by atoms with Crippen LogP contribution in [0.3, 0.4) is 0 Å². The second-order valence-electron chi connectivity index (χ2n) is 22.7. The number of hydrogen-bond donors (Lipinski definition) is 3. The summed E-state index contributed by atoms with van der Waals surface area (Å²) in [4.78, 5) is 0. The largest absolute Gasteiger partial charge is 0.356 e. The molecule has 0 unspecified atom stereocenters. The zero-order valence-electron chi connectivity index (χ0n) is 50.3. The fourth-order valence-electron chi connectivity index (χ4n) is 12.0. The molecule has 3 heteroatoms. The normalized spacial score (nSPS) is 10.9. The monoisotopic (exact) mass is 1160 g/mol. The van der Waals surface area contributed by atoms with Gasteiger partial charge in [0.05, 0.1) is 0 Å². The van der Waals surface area contributed by atoms with Crippen LogP contribution >= 0.6 is 0 Å². The first kappa shape index (κ1) is 56.7. The van der Waals surface area contributed by atoms with Crippen LogP contribution in [0.2, 0.25) is 0 Å². The Balaban J connectivity index is 0.000000119. The van der Waals surface area contributed by atoms with Gasteiger partial charge in [-0.25, -0.2) is 0 Å². The molecule has 0 fully saturated rings. The van der Waals surface area contributed by atoms with E-state index in [1.165, 1.54) is 110 Å². The van der Waals surface area contributed by atoms with E-state index in [4.69, 9.17) is 0 Å². The highest BCUT2D eigenvalue weighted by Crippen LogP contribution is 2.35. The molecule has 0 aliphatic rings. The molecule has 16 aromatic carbocycles. The minimum absolute atomic E-state index is 1.08. The van der Waals surface area contributed by atoms with Crippen LogP contribution in [0.5, 0.6) is 0 Å². The molecule has 3 N–H and O–H groups in total. The summed E-state index contributed by atoms with van der Waals surface area (Å²) in [6.45, 7) is 0. The van der Waals surface area contributed by atoms with E-state index < -0.39 is 0 Å². The van der Waals surface area contributed by atoms with Crippen molar-refractivity contribution in [2.45, 2.75) is 0 Å². The quantitative estimate of drug-likeness (QED) is 0.114. The van der Waals surface area contributed by atoms with E-state index >= 15 is 0 Å². The molecular weight excluding hydrogens is 1100 g/mol. The van der Waals surface area contributed by atoms with Crippen molar-refractivity contribution in [3.8, 4) is 66.8 Å². The Morgan fingerprint density at radius 3 is 0.692 bits per heavy atom. The number of anilines is 6. The summed E-state index contributed by atoms with van der Waals surface area (Å²) in [6, 6.07) is 133. The molecule has 0 radical (unpaired) electrons. The number of hydrogen-bond acceptors (Lipinski definition) is 3. The number of benzene rings is 16. The maximum atomic E-state index is 3.54. The third kappa shape index (κ3) is 13.4. The van der Waals surface area contributed by atoms with E-state index in [1.807, 2.05) is 12.1 Å². The van der Waals surface area contributed by atoms with Crippen molar-refractivity contribution in [3.63, 3.8) is 0 Å². The zero-order chi connectivity index (χ0) is 61.0. The summed E-state index contributed by atoms with van der Waals surface area (Å²) in [5, 5.41) is 20.7. The van der Waals surface area contributed by atoms with Crippen molar-refractivity contribution in [2.75, 3.05) is 16.0 Å². The van der Waals surface area contributed by atoms with E-state index in [9.17, 15) is 0 Å². The van der Waals surface area contributed by atoms with Gasteiger partial charge in [0.1, 0.15) is 0 Å². The van der Waals surface area contributed by atoms with Crippen LogP contribution in [0.4, 0.5) is 34.1 Å². The third-order valence-corrected chi connectivity index (χ3v) is 16.8. The molecule has 0 amide bonds. The average molecular weight is 1160 g/mol. The van der Waals surface area contributed by atoms with E-state index in [0.29, 0.717) is 0 Å². The minimum Gasteiger partial charge on any atom is -0.356 e. The van der Waals surface area contributed by atoms with Crippen molar-refractivity contribution in [2.24, 2.45) is 0 Å². The van der Waals surface area contributed by atoms with Gasteiger partial charge in [-0.1, -0.05) is 297 Å². The van der Waals surface area contributed by atoms with Crippen LogP contribution < -0.4 is 16.0 Å². The second kappa shape index (κ2) is 26.9. The van der Waals surface area contributed by atoms with Gasteiger partial charge in [-0.15, -0.1) is 0 Å².